The molecule has 0 radical (unpaired) electrons. The Labute approximate surface area is 163 Å². The molecule has 0 aliphatic rings. The van der Waals surface area contributed by atoms with Crippen molar-refractivity contribution in [3.05, 3.63) is 66.0 Å². The van der Waals surface area contributed by atoms with Crippen molar-refractivity contribution in [2.24, 2.45) is 0 Å². The number of amides is 1. The third-order valence-corrected chi connectivity index (χ3v) is 4.13. The number of benzene rings is 2. The number of nitrogens with one attached hydrogen (secondary N) is 1. The Morgan fingerprint density at radius 2 is 1.71 bits per heavy atom. The van der Waals surface area contributed by atoms with Gasteiger partial charge in [-0.15, -0.1) is 0 Å². The first-order valence-corrected chi connectivity index (χ1v) is 8.87. The minimum atomic E-state index is -0.247. The number of carbonyl (C=O) groups excluding carboxylic acids is 1. The molecule has 1 heterocycles. The van der Waals surface area contributed by atoms with Gasteiger partial charge in [0.25, 0.3) is 5.91 Å². The molecule has 7 nitrogen and oxygen atoms in total. The highest BCUT2D eigenvalue weighted by Crippen LogP contribution is 2.18. The zero-order valence-corrected chi connectivity index (χ0v) is 16.1. The molecule has 1 amide bonds. The fourth-order valence-corrected chi connectivity index (χ4v) is 2.68. The average Bonchev–Trinajstić information content (AvgIpc) is 3.13. The van der Waals surface area contributed by atoms with Gasteiger partial charge >= 0.3 is 0 Å². The second-order valence-electron chi connectivity index (χ2n) is 6.06. The molecule has 1 aromatic heterocycles. The number of ether oxygens (including phenoxy) is 3. The first-order chi connectivity index (χ1) is 13.6. The lowest BCUT2D eigenvalue weighted by Crippen LogP contribution is -2.28. The molecular formula is C21H23N3O4. The molecule has 0 unspecified atom stereocenters. The summed E-state index contributed by atoms with van der Waals surface area (Å²) in [6.45, 7) is 2.62. The first kappa shape index (κ1) is 19.3. The van der Waals surface area contributed by atoms with Crippen LogP contribution in [0.4, 0.5) is 0 Å². The molecule has 146 valence electrons. The number of carbonyl (C=O) groups is 1. The number of hydrogen-bond acceptors (Lipinski definition) is 5. The lowest BCUT2D eigenvalue weighted by atomic mass is 10.3. The highest BCUT2D eigenvalue weighted by Gasteiger charge is 2.13. The minimum absolute atomic E-state index is 0.247. The predicted octanol–water partition coefficient (Wildman–Crippen LogP) is 3.01. The molecule has 0 saturated carbocycles. The maximum Gasteiger partial charge on any atom is 0.271 e. The Morgan fingerprint density at radius 3 is 2.43 bits per heavy atom. The third kappa shape index (κ3) is 4.62. The molecule has 0 aliphatic carbocycles. The molecule has 0 spiro atoms. The summed E-state index contributed by atoms with van der Waals surface area (Å²) in [5.41, 5.74) is 2.04. The topological polar surface area (TPSA) is 74.6 Å². The van der Waals surface area contributed by atoms with Crippen molar-refractivity contribution < 1.29 is 19.0 Å². The number of rotatable bonds is 8. The highest BCUT2D eigenvalue weighted by atomic mass is 16.5. The van der Waals surface area contributed by atoms with E-state index in [1.807, 2.05) is 55.5 Å². The molecule has 1 N–H and O–H groups in total. The molecule has 0 saturated heterocycles. The van der Waals surface area contributed by atoms with E-state index in [1.54, 1.807) is 25.0 Å². The van der Waals surface area contributed by atoms with Gasteiger partial charge in [-0.25, -0.2) is 4.68 Å². The number of aryl methyl sites for hydroxylation is 1. The van der Waals surface area contributed by atoms with E-state index in [2.05, 4.69) is 10.4 Å². The summed E-state index contributed by atoms with van der Waals surface area (Å²) in [5, 5.41) is 7.22. The summed E-state index contributed by atoms with van der Waals surface area (Å²) in [4.78, 5) is 12.4. The van der Waals surface area contributed by atoms with Crippen molar-refractivity contribution in [3.63, 3.8) is 0 Å². The van der Waals surface area contributed by atoms with Gasteiger partial charge in [0.1, 0.15) is 23.9 Å². The van der Waals surface area contributed by atoms with Crippen LogP contribution >= 0.6 is 0 Å². The summed E-state index contributed by atoms with van der Waals surface area (Å²) in [6, 6.07) is 16.5. The summed E-state index contributed by atoms with van der Waals surface area (Å²) >= 11 is 0. The number of aromatic nitrogens is 2. The largest absolute Gasteiger partial charge is 0.497 e. The summed E-state index contributed by atoms with van der Waals surface area (Å²) in [7, 11) is 3.23. The zero-order chi connectivity index (χ0) is 19.9. The SMILES string of the molecule is COc1ccc(OCCNC(=O)c2cc(C)n(-c3cccc(OC)c3)n2)cc1. The van der Waals surface area contributed by atoms with Crippen molar-refractivity contribution in [2.45, 2.75) is 6.92 Å². The van der Waals surface area contributed by atoms with E-state index >= 15 is 0 Å². The lowest BCUT2D eigenvalue weighted by molar-refractivity contribution is 0.0941. The molecule has 0 fully saturated rings. The van der Waals surface area contributed by atoms with Gasteiger partial charge in [-0.1, -0.05) is 6.07 Å². The van der Waals surface area contributed by atoms with Crippen molar-refractivity contribution in [1.29, 1.82) is 0 Å². The molecule has 2 aromatic carbocycles. The molecule has 28 heavy (non-hydrogen) atoms. The standard InChI is InChI=1S/C21H23N3O4/c1-15-13-20(23-24(15)16-5-4-6-19(14-16)27-3)21(25)22-11-12-28-18-9-7-17(26-2)8-10-18/h4-10,13-14H,11-12H2,1-3H3,(H,22,25). The van der Waals surface area contributed by atoms with E-state index in [1.165, 1.54) is 0 Å². The van der Waals surface area contributed by atoms with Crippen LogP contribution in [0.3, 0.4) is 0 Å². The van der Waals surface area contributed by atoms with Crippen LogP contribution in [0.15, 0.2) is 54.6 Å². The van der Waals surface area contributed by atoms with Crippen LogP contribution in [0.1, 0.15) is 16.2 Å². The van der Waals surface area contributed by atoms with Crippen molar-refractivity contribution >= 4 is 5.91 Å². The van der Waals surface area contributed by atoms with Crippen LogP contribution < -0.4 is 19.5 Å². The maximum atomic E-state index is 12.4. The van der Waals surface area contributed by atoms with Gasteiger partial charge in [0.05, 0.1) is 26.5 Å². The second kappa shape index (κ2) is 8.94. The highest BCUT2D eigenvalue weighted by molar-refractivity contribution is 5.92. The Kier molecular flexibility index (Phi) is 6.16. The maximum absolute atomic E-state index is 12.4. The minimum Gasteiger partial charge on any atom is -0.497 e. The molecular weight excluding hydrogens is 358 g/mol. The molecule has 0 atom stereocenters. The van der Waals surface area contributed by atoms with Gasteiger partial charge in [0.2, 0.25) is 0 Å². The monoisotopic (exact) mass is 381 g/mol. The summed E-state index contributed by atoms with van der Waals surface area (Å²) in [5.74, 6) is 1.97. The normalized spacial score (nSPS) is 10.4. The number of hydrogen-bond donors (Lipinski definition) is 1. The quantitative estimate of drug-likeness (QED) is 0.607. The first-order valence-electron chi connectivity index (χ1n) is 8.87. The van der Waals surface area contributed by atoms with Gasteiger partial charge in [0, 0.05) is 11.8 Å². The Hall–Kier alpha value is -3.48. The molecule has 3 aromatic rings. The Bertz CT molecular complexity index is 935. The van der Waals surface area contributed by atoms with E-state index in [-0.39, 0.29) is 5.91 Å². The van der Waals surface area contributed by atoms with E-state index in [0.717, 1.165) is 22.9 Å². The fraction of sp³-hybridized carbons (Fsp3) is 0.238. The Morgan fingerprint density at radius 1 is 1.00 bits per heavy atom. The molecule has 3 rings (SSSR count). The molecule has 7 heteroatoms. The van der Waals surface area contributed by atoms with Gasteiger partial charge in [-0.2, -0.15) is 5.10 Å². The van der Waals surface area contributed by atoms with Crippen LogP contribution in [-0.2, 0) is 0 Å². The average molecular weight is 381 g/mol. The van der Waals surface area contributed by atoms with E-state index in [4.69, 9.17) is 14.2 Å². The summed E-state index contributed by atoms with van der Waals surface area (Å²) in [6.07, 6.45) is 0. The van der Waals surface area contributed by atoms with Gasteiger partial charge < -0.3 is 19.5 Å². The van der Waals surface area contributed by atoms with Crippen LogP contribution in [0.2, 0.25) is 0 Å². The number of nitrogens with zero attached hydrogens (tertiary/aromatic N) is 2. The predicted molar refractivity (Wildman–Crippen MR) is 106 cm³/mol. The van der Waals surface area contributed by atoms with E-state index < -0.39 is 0 Å². The van der Waals surface area contributed by atoms with Crippen molar-refractivity contribution in [2.75, 3.05) is 27.4 Å². The molecule has 0 bridgehead atoms. The summed E-state index contributed by atoms with van der Waals surface area (Å²) < 4.78 is 17.7. The van der Waals surface area contributed by atoms with Gasteiger partial charge in [-0.3, -0.25) is 4.79 Å². The second-order valence-corrected chi connectivity index (χ2v) is 6.06. The Balaban J connectivity index is 1.55. The van der Waals surface area contributed by atoms with Gasteiger partial charge in [-0.05, 0) is 49.4 Å². The van der Waals surface area contributed by atoms with E-state index in [9.17, 15) is 4.79 Å². The van der Waals surface area contributed by atoms with Crippen molar-refractivity contribution in [3.8, 4) is 22.9 Å². The van der Waals surface area contributed by atoms with Crippen LogP contribution in [0, 0.1) is 6.92 Å². The van der Waals surface area contributed by atoms with E-state index in [0.29, 0.717) is 24.6 Å². The third-order valence-electron chi connectivity index (χ3n) is 4.13. The zero-order valence-electron chi connectivity index (χ0n) is 16.1. The lowest BCUT2D eigenvalue weighted by Gasteiger charge is -2.08. The molecule has 0 aliphatic heterocycles. The van der Waals surface area contributed by atoms with Crippen molar-refractivity contribution in [1.82, 2.24) is 15.1 Å². The van der Waals surface area contributed by atoms with Crippen LogP contribution in [0.5, 0.6) is 17.2 Å². The van der Waals surface area contributed by atoms with Gasteiger partial charge in [0.15, 0.2) is 5.69 Å². The fourth-order valence-electron chi connectivity index (χ4n) is 2.68. The smallest absolute Gasteiger partial charge is 0.271 e. The number of methoxy groups -OCH3 is 2. The van der Waals surface area contributed by atoms with Crippen LogP contribution in [0.25, 0.3) is 5.69 Å². The van der Waals surface area contributed by atoms with Crippen LogP contribution in [-0.4, -0.2) is 43.1 Å².